The van der Waals surface area contributed by atoms with Crippen molar-refractivity contribution >= 4 is 11.8 Å². The summed E-state index contributed by atoms with van der Waals surface area (Å²) in [6, 6.07) is 7.40. The van der Waals surface area contributed by atoms with E-state index in [-0.39, 0.29) is 23.1 Å². The molecule has 26 heavy (non-hydrogen) atoms. The molecule has 0 saturated heterocycles. The molecule has 5 nitrogen and oxygen atoms in total. The first kappa shape index (κ1) is 19.6. The molecule has 0 spiro atoms. The molecule has 140 valence electrons. The molecule has 0 bridgehead atoms. The van der Waals surface area contributed by atoms with E-state index in [2.05, 4.69) is 0 Å². The van der Waals surface area contributed by atoms with E-state index in [1.54, 1.807) is 12.1 Å². The van der Waals surface area contributed by atoms with E-state index in [0.717, 1.165) is 0 Å². The maximum atomic E-state index is 13.5. The number of hydrogen-bond acceptors (Lipinski definition) is 4. The van der Waals surface area contributed by atoms with Crippen LogP contribution in [0.3, 0.4) is 0 Å². The van der Waals surface area contributed by atoms with E-state index in [0.29, 0.717) is 11.3 Å². The van der Waals surface area contributed by atoms with Crippen LogP contribution < -0.4 is 4.74 Å². The number of Topliss-reactive ketones (excluding diaryl/α,β-unsaturated/α-hetero) is 1. The third-order valence-corrected chi connectivity index (χ3v) is 3.64. The quantitative estimate of drug-likeness (QED) is 0.546. The van der Waals surface area contributed by atoms with Gasteiger partial charge in [0.15, 0.2) is 11.9 Å². The fourth-order valence-electron chi connectivity index (χ4n) is 2.44. The van der Waals surface area contributed by atoms with E-state index in [1.165, 1.54) is 42.9 Å². The average molecular weight is 365 g/mol. The topological polar surface area (TPSA) is 57.5 Å². The lowest BCUT2D eigenvalue weighted by molar-refractivity contribution is -0.0357. The number of aryl methyl sites for hydroxylation is 1. The van der Waals surface area contributed by atoms with Crippen LogP contribution in [0.4, 0.5) is 8.78 Å². The van der Waals surface area contributed by atoms with Gasteiger partial charge in [-0.05, 0) is 39.0 Å². The normalized spacial score (nSPS) is 12.3. The molecular weight excluding hydrogens is 344 g/mol. The van der Waals surface area contributed by atoms with Crippen LogP contribution in [0.5, 0.6) is 5.75 Å². The summed E-state index contributed by atoms with van der Waals surface area (Å²) in [5.74, 6) is -0.749. The minimum absolute atomic E-state index is 0.0236. The van der Waals surface area contributed by atoms with Crippen LogP contribution in [0.1, 0.15) is 53.3 Å². The summed E-state index contributed by atoms with van der Waals surface area (Å²) in [6.07, 6.45) is -3.33. The summed E-state index contributed by atoms with van der Waals surface area (Å²) in [5, 5.41) is 0. The van der Waals surface area contributed by atoms with Crippen LogP contribution in [-0.2, 0) is 11.8 Å². The summed E-state index contributed by atoms with van der Waals surface area (Å²) in [7, 11) is 1.54. The Bertz CT molecular complexity index is 799. The number of rotatable bonds is 7. The zero-order valence-electron chi connectivity index (χ0n) is 15.0. The van der Waals surface area contributed by atoms with E-state index < -0.39 is 18.5 Å². The lowest BCUT2D eigenvalue weighted by Crippen LogP contribution is -2.20. The van der Waals surface area contributed by atoms with Gasteiger partial charge >= 0.3 is 5.97 Å². The van der Waals surface area contributed by atoms with Gasteiger partial charge in [0.1, 0.15) is 11.4 Å². The van der Waals surface area contributed by atoms with Gasteiger partial charge in [-0.15, -0.1) is 0 Å². The Hall–Kier alpha value is -2.70. The molecule has 1 aromatic carbocycles. The smallest absolute Gasteiger partial charge is 0.355 e. The van der Waals surface area contributed by atoms with Gasteiger partial charge in [0, 0.05) is 24.4 Å². The van der Waals surface area contributed by atoms with E-state index in [9.17, 15) is 18.4 Å². The molecule has 1 heterocycles. The molecule has 7 heteroatoms. The van der Waals surface area contributed by atoms with Crippen LogP contribution in [0.2, 0.25) is 0 Å². The first-order valence-electron chi connectivity index (χ1n) is 8.12. The van der Waals surface area contributed by atoms with Crippen molar-refractivity contribution < 1.29 is 27.8 Å². The lowest BCUT2D eigenvalue weighted by Gasteiger charge is -2.19. The van der Waals surface area contributed by atoms with Gasteiger partial charge in [0.25, 0.3) is 6.43 Å². The summed E-state index contributed by atoms with van der Waals surface area (Å²) in [4.78, 5) is 23.7. The standard InChI is InChI=1S/C19H21F2NO4/c1-11(2)25-15-7-5-6-13(8-15)17(18(20)21)26-19(24)16-9-14(12(3)23)10-22(16)4/h5-11,17-18H,1-4H3/t17-/m0/s1. The number of esters is 1. The highest BCUT2D eigenvalue weighted by Crippen LogP contribution is 2.29. The van der Waals surface area contributed by atoms with Crippen LogP contribution in [-0.4, -0.2) is 28.8 Å². The summed E-state index contributed by atoms with van der Waals surface area (Å²) in [5.41, 5.74) is 0.461. The molecule has 0 unspecified atom stereocenters. The molecule has 2 rings (SSSR count). The highest BCUT2D eigenvalue weighted by atomic mass is 19.3. The van der Waals surface area contributed by atoms with Crippen molar-refractivity contribution in [2.45, 2.75) is 39.4 Å². The number of aromatic nitrogens is 1. The predicted octanol–water partition coefficient (Wildman–Crippen LogP) is 4.18. The van der Waals surface area contributed by atoms with Crippen molar-refractivity contribution in [2.75, 3.05) is 0 Å². The van der Waals surface area contributed by atoms with Crippen LogP contribution in [0, 0.1) is 0 Å². The maximum Gasteiger partial charge on any atom is 0.355 e. The Balaban J connectivity index is 2.26. The fraction of sp³-hybridized carbons (Fsp3) is 0.368. The molecule has 0 N–H and O–H groups in total. The summed E-state index contributed by atoms with van der Waals surface area (Å²) < 4.78 is 38.9. The minimum atomic E-state index is -2.92. The fourth-order valence-corrected chi connectivity index (χ4v) is 2.44. The van der Waals surface area contributed by atoms with E-state index in [4.69, 9.17) is 9.47 Å². The van der Waals surface area contributed by atoms with Gasteiger partial charge in [-0.2, -0.15) is 0 Å². The number of alkyl halides is 2. The third kappa shape index (κ3) is 4.68. The Labute approximate surface area is 150 Å². The van der Waals surface area contributed by atoms with Crippen LogP contribution in [0.25, 0.3) is 0 Å². The number of halogens is 2. The molecule has 0 amide bonds. The molecule has 0 saturated carbocycles. The van der Waals surface area contributed by atoms with Crippen molar-refractivity contribution in [1.29, 1.82) is 0 Å². The Kier molecular flexibility index (Phi) is 6.13. The second kappa shape index (κ2) is 8.12. The number of ether oxygens (including phenoxy) is 2. The number of carbonyl (C=O) groups is 2. The van der Waals surface area contributed by atoms with Crippen molar-refractivity contribution in [3.05, 3.63) is 53.3 Å². The van der Waals surface area contributed by atoms with E-state index >= 15 is 0 Å². The number of ketones is 1. The number of hydrogen-bond donors (Lipinski definition) is 0. The molecule has 0 aliphatic heterocycles. The number of benzene rings is 1. The highest BCUT2D eigenvalue weighted by molar-refractivity contribution is 5.97. The zero-order chi connectivity index (χ0) is 19.4. The maximum absolute atomic E-state index is 13.5. The molecule has 0 radical (unpaired) electrons. The van der Waals surface area contributed by atoms with Crippen molar-refractivity contribution in [1.82, 2.24) is 4.57 Å². The largest absolute Gasteiger partial charge is 0.491 e. The van der Waals surface area contributed by atoms with Gasteiger partial charge in [0.05, 0.1) is 6.10 Å². The monoisotopic (exact) mass is 365 g/mol. The second-order valence-corrected chi connectivity index (χ2v) is 6.18. The molecule has 1 atom stereocenters. The predicted molar refractivity (Wildman–Crippen MR) is 91.8 cm³/mol. The summed E-state index contributed by atoms with van der Waals surface area (Å²) in [6.45, 7) is 4.99. The van der Waals surface area contributed by atoms with Crippen molar-refractivity contribution in [3.63, 3.8) is 0 Å². The molecule has 2 aromatic rings. The van der Waals surface area contributed by atoms with Gasteiger partial charge in [0.2, 0.25) is 0 Å². The third-order valence-electron chi connectivity index (χ3n) is 3.64. The van der Waals surface area contributed by atoms with Gasteiger partial charge in [-0.3, -0.25) is 4.79 Å². The first-order valence-corrected chi connectivity index (χ1v) is 8.12. The molecule has 0 fully saturated rings. The Morgan fingerprint density at radius 2 is 1.85 bits per heavy atom. The summed E-state index contributed by atoms with van der Waals surface area (Å²) >= 11 is 0. The van der Waals surface area contributed by atoms with Gasteiger partial charge in [-0.25, -0.2) is 13.6 Å². The number of nitrogens with zero attached hydrogens (tertiary/aromatic N) is 1. The van der Waals surface area contributed by atoms with Gasteiger partial charge < -0.3 is 14.0 Å². The second-order valence-electron chi connectivity index (χ2n) is 6.18. The van der Waals surface area contributed by atoms with Crippen molar-refractivity contribution in [3.8, 4) is 5.75 Å². The zero-order valence-corrected chi connectivity index (χ0v) is 15.0. The molecular formula is C19H21F2NO4. The Morgan fingerprint density at radius 3 is 2.38 bits per heavy atom. The van der Waals surface area contributed by atoms with Crippen LogP contribution >= 0.6 is 0 Å². The van der Waals surface area contributed by atoms with E-state index in [1.807, 2.05) is 13.8 Å². The van der Waals surface area contributed by atoms with Crippen molar-refractivity contribution in [2.24, 2.45) is 7.05 Å². The molecule has 0 aliphatic carbocycles. The average Bonchev–Trinajstić information content (AvgIpc) is 2.94. The lowest BCUT2D eigenvalue weighted by atomic mass is 10.1. The van der Waals surface area contributed by atoms with Gasteiger partial charge in [-0.1, -0.05) is 12.1 Å². The number of carbonyl (C=O) groups excluding carboxylic acids is 2. The SMILES string of the molecule is CC(=O)c1cc(C(=O)O[C@@H](c2cccc(OC(C)C)c2)C(F)F)n(C)c1. The Morgan fingerprint density at radius 1 is 1.15 bits per heavy atom. The molecule has 0 aliphatic rings. The molecule has 1 aromatic heterocycles. The first-order chi connectivity index (χ1) is 12.2. The van der Waals surface area contributed by atoms with Crippen LogP contribution in [0.15, 0.2) is 36.5 Å². The minimum Gasteiger partial charge on any atom is -0.491 e. The highest BCUT2D eigenvalue weighted by Gasteiger charge is 2.29.